The summed E-state index contributed by atoms with van der Waals surface area (Å²) < 4.78 is 33.8. The third kappa shape index (κ3) is 3.80. The van der Waals surface area contributed by atoms with Gasteiger partial charge >= 0.3 is 0 Å². The van der Waals surface area contributed by atoms with E-state index in [2.05, 4.69) is 10.3 Å². The first-order valence-electron chi connectivity index (χ1n) is 9.39. The van der Waals surface area contributed by atoms with Gasteiger partial charge in [-0.2, -0.15) is 4.31 Å². The van der Waals surface area contributed by atoms with Gasteiger partial charge in [-0.05, 0) is 37.1 Å². The quantitative estimate of drug-likeness (QED) is 0.746. The molecule has 0 radical (unpaired) electrons. The van der Waals surface area contributed by atoms with E-state index in [1.807, 2.05) is 10.9 Å². The van der Waals surface area contributed by atoms with Crippen LogP contribution in [0.3, 0.4) is 0 Å². The Kier molecular flexibility index (Phi) is 5.42. The number of carbonyl (C=O) groups is 1. The molecule has 1 aromatic carbocycles. The molecule has 1 aromatic heterocycles. The minimum atomic E-state index is -3.55. The minimum Gasteiger partial charge on any atom is -0.379 e. The minimum absolute atomic E-state index is 0.0765. The van der Waals surface area contributed by atoms with Crippen LogP contribution in [0.2, 0.25) is 0 Å². The molecule has 0 aliphatic carbocycles. The van der Waals surface area contributed by atoms with Crippen LogP contribution in [-0.4, -0.2) is 77.9 Å². The molecule has 1 amide bonds. The highest BCUT2D eigenvalue weighted by Crippen LogP contribution is 2.23. The average molecular weight is 405 g/mol. The van der Waals surface area contributed by atoms with Crippen molar-refractivity contribution in [3.63, 3.8) is 0 Å². The number of sulfonamides is 1. The molecule has 2 fully saturated rings. The molecule has 0 unspecified atom stereocenters. The second-order valence-corrected chi connectivity index (χ2v) is 8.89. The van der Waals surface area contributed by atoms with Gasteiger partial charge in [-0.15, -0.1) is 5.10 Å². The smallest absolute Gasteiger partial charge is 0.253 e. The highest BCUT2D eigenvalue weighted by atomic mass is 32.2. The number of rotatable bonds is 4. The number of amides is 1. The molecule has 2 aliphatic rings. The van der Waals surface area contributed by atoms with Gasteiger partial charge < -0.3 is 9.64 Å². The second-order valence-electron chi connectivity index (χ2n) is 6.95. The predicted octanol–water partition coefficient (Wildman–Crippen LogP) is 0.776. The lowest BCUT2D eigenvalue weighted by Crippen LogP contribution is -2.40. The summed E-state index contributed by atoms with van der Waals surface area (Å²) in [5, 5.41) is 7.87. The highest BCUT2D eigenvalue weighted by molar-refractivity contribution is 7.89. The maximum absolute atomic E-state index is 12.8. The van der Waals surface area contributed by atoms with Gasteiger partial charge in [0.2, 0.25) is 10.0 Å². The molecule has 0 atom stereocenters. The van der Waals surface area contributed by atoms with Gasteiger partial charge in [0.15, 0.2) is 0 Å². The molecule has 2 saturated heterocycles. The van der Waals surface area contributed by atoms with Gasteiger partial charge in [0.05, 0.1) is 30.3 Å². The molecule has 9 nitrogen and oxygen atoms in total. The van der Waals surface area contributed by atoms with Crippen LogP contribution in [-0.2, 0) is 14.8 Å². The molecule has 10 heteroatoms. The zero-order valence-electron chi connectivity index (χ0n) is 15.5. The zero-order valence-corrected chi connectivity index (χ0v) is 16.3. The standard InChI is InChI=1S/C18H23N5O4S/c24-18(21-8-5-16(6-9-21)23-10-7-19-20-23)15-1-3-17(4-2-15)28(25,26)22-11-13-27-14-12-22/h1-4,7,10,16H,5-6,8-9,11-14H2. The van der Waals surface area contributed by atoms with E-state index in [1.54, 1.807) is 23.2 Å². The van der Waals surface area contributed by atoms with Crippen molar-refractivity contribution in [2.24, 2.45) is 0 Å². The van der Waals surface area contributed by atoms with Crippen LogP contribution in [0.5, 0.6) is 0 Å². The predicted molar refractivity (Wildman–Crippen MR) is 100 cm³/mol. The highest BCUT2D eigenvalue weighted by Gasteiger charge is 2.28. The number of benzene rings is 1. The van der Waals surface area contributed by atoms with Crippen molar-refractivity contribution in [2.45, 2.75) is 23.8 Å². The Morgan fingerprint density at radius 3 is 2.32 bits per heavy atom. The fourth-order valence-electron chi connectivity index (χ4n) is 3.63. The summed E-state index contributed by atoms with van der Waals surface area (Å²) in [7, 11) is -3.55. The fourth-order valence-corrected chi connectivity index (χ4v) is 5.04. The van der Waals surface area contributed by atoms with Crippen molar-refractivity contribution in [1.29, 1.82) is 0 Å². The number of nitrogens with zero attached hydrogens (tertiary/aromatic N) is 5. The first-order chi connectivity index (χ1) is 13.6. The van der Waals surface area contributed by atoms with Gasteiger partial charge in [0.1, 0.15) is 0 Å². The Hall–Kier alpha value is -2.30. The van der Waals surface area contributed by atoms with Crippen molar-refractivity contribution in [2.75, 3.05) is 39.4 Å². The molecular formula is C18H23N5O4S. The van der Waals surface area contributed by atoms with E-state index in [4.69, 9.17) is 4.74 Å². The van der Waals surface area contributed by atoms with Crippen molar-refractivity contribution < 1.29 is 17.9 Å². The van der Waals surface area contributed by atoms with Crippen molar-refractivity contribution in [3.8, 4) is 0 Å². The van der Waals surface area contributed by atoms with E-state index < -0.39 is 10.0 Å². The summed E-state index contributed by atoms with van der Waals surface area (Å²) >= 11 is 0. The van der Waals surface area contributed by atoms with E-state index in [0.29, 0.717) is 45.0 Å². The molecule has 4 rings (SSSR count). The second kappa shape index (κ2) is 7.98. The lowest BCUT2D eigenvalue weighted by Gasteiger charge is -2.32. The summed E-state index contributed by atoms with van der Waals surface area (Å²) in [6.07, 6.45) is 5.14. The van der Waals surface area contributed by atoms with Crippen LogP contribution in [0.4, 0.5) is 0 Å². The molecule has 2 aromatic rings. The van der Waals surface area contributed by atoms with Gasteiger partial charge in [-0.25, -0.2) is 13.1 Å². The van der Waals surface area contributed by atoms with Crippen LogP contribution in [0.15, 0.2) is 41.6 Å². The van der Waals surface area contributed by atoms with E-state index >= 15 is 0 Å². The molecule has 0 N–H and O–H groups in total. The number of carbonyl (C=O) groups excluding carboxylic acids is 1. The van der Waals surface area contributed by atoms with Crippen molar-refractivity contribution >= 4 is 15.9 Å². The maximum atomic E-state index is 12.8. The first kappa shape index (κ1) is 19.0. The summed E-state index contributed by atoms with van der Waals surface area (Å²) in [5.41, 5.74) is 0.500. The van der Waals surface area contributed by atoms with Gasteiger partial charge in [-0.3, -0.25) is 4.79 Å². The Labute approximate surface area is 163 Å². The lowest BCUT2D eigenvalue weighted by molar-refractivity contribution is 0.0689. The number of piperidine rings is 1. The van der Waals surface area contributed by atoms with E-state index in [0.717, 1.165) is 12.8 Å². The molecule has 150 valence electrons. The Balaban J connectivity index is 1.40. The molecule has 2 aliphatic heterocycles. The Morgan fingerprint density at radius 2 is 1.71 bits per heavy atom. The van der Waals surface area contributed by atoms with Crippen molar-refractivity contribution in [1.82, 2.24) is 24.2 Å². The van der Waals surface area contributed by atoms with Crippen LogP contribution in [0.25, 0.3) is 0 Å². The van der Waals surface area contributed by atoms with E-state index in [-0.39, 0.29) is 16.8 Å². The third-order valence-electron chi connectivity index (χ3n) is 5.28. The maximum Gasteiger partial charge on any atom is 0.253 e. The molecular weight excluding hydrogens is 382 g/mol. The number of hydrogen-bond acceptors (Lipinski definition) is 6. The summed E-state index contributed by atoms with van der Waals surface area (Å²) in [6, 6.07) is 6.48. The number of aromatic nitrogens is 3. The molecule has 0 spiro atoms. The van der Waals surface area contributed by atoms with Gasteiger partial charge in [-0.1, -0.05) is 5.21 Å². The number of hydrogen-bond donors (Lipinski definition) is 0. The normalized spacial score (nSPS) is 19.6. The number of likely N-dealkylation sites (tertiary alicyclic amines) is 1. The van der Waals surface area contributed by atoms with Crippen molar-refractivity contribution in [3.05, 3.63) is 42.2 Å². The van der Waals surface area contributed by atoms with Gasteiger partial charge in [0, 0.05) is 37.9 Å². The third-order valence-corrected chi connectivity index (χ3v) is 7.19. The van der Waals surface area contributed by atoms with Crippen LogP contribution < -0.4 is 0 Å². The zero-order chi connectivity index (χ0) is 19.6. The largest absolute Gasteiger partial charge is 0.379 e. The summed E-state index contributed by atoms with van der Waals surface area (Å²) in [4.78, 5) is 14.8. The molecule has 3 heterocycles. The monoisotopic (exact) mass is 405 g/mol. The molecule has 28 heavy (non-hydrogen) atoms. The Morgan fingerprint density at radius 1 is 1.04 bits per heavy atom. The molecule has 0 saturated carbocycles. The van der Waals surface area contributed by atoms with E-state index in [9.17, 15) is 13.2 Å². The molecule has 0 bridgehead atoms. The van der Waals surface area contributed by atoms with Gasteiger partial charge in [0.25, 0.3) is 5.91 Å². The average Bonchev–Trinajstić information content (AvgIpc) is 3.29. The van der Waals surface area contributed by atoms with Crippen LogP contribution in [0, 0.1) is 0 Å². The number of ether oxygens (including phenoxy) is 1. The lowest BCUT2D eigenvalue weighted by atomic mass is 10.0. The Bertz CT molecular complexity index is 900. The topological polar surface area (TPSA) is 97.6 Å². The number of morpholine rings is 1. The van der Waals surface area contributed by atoms with E-state index in [1.165, 1.54) is 16.4 Å². The summed E-state index contributed by atoms with van der Waals surface area (Å²) in [5.74, 6) is -0.0765. The fraction of sp³-hybridized carbons (Fsp3) is 0.500. The summed E-state index contributed by atoms with van der Waals surface area (Å²) in [6.45, 7) is 2.78. The SMILES string of the molecule is O=C(c1ccc(S(=O)(=O)N2CCOCC2)cc1)N1CCC(n2ccnn2)CC1. The first-order valence-corrected chi connectivity index (χ1v) is 10.8. The van der Waals surface area contributed by atoms with Crippen LogP contribution in [0.1, 0.15) is 29.2 Å². The van der Waals surface area contributed by atoms with Crippen LogP contribution >= 0.6 is 0 Å².